The maximum Gasteiger partial charge on any atom is 0.142 e. The number of nitrogens with zero attached hydrogens (tertiary/aromatic N) is 1. The predicted octanol–water partition coefficient (Wildman–Crippen LogP) is 2.94. The van der Waals surface area contributed by atoms with Crippen molar-refractivity contribution in [2.75, 3.05) is 0 Å². The lowest BCUT2D eigenvalue weighted by atomic mass is 9.52. The van der Waals surface area contributed by atoms with E-state index in [-0.39, 0.29) is 23.1 Å². The smallest absolute Gasteiger partial charge is 0.142 e. The zero-order chi connectivity index (χ0) is 11.9. The third-order valence-corrected chi connectivity index (χ3v) is 3.97. The number of aromatic nitrogens is 1. The molecule has 1 heterocycles. The van der Waals surface area contributed by atoms with E-state index >= 15 is 0 Å². The molecule has 3 atom stereocenters. The monoisotopic (exact) mass is 221 g/mol. The molecule has 3 heteroatoms. The van der Waals surface area contributed by atoms with Crippen LogP contribution < -0.4 is 0 Å². The van der Waals surface area contributed by atoms with Crippen LogP contribution in [0.5, 0.6) is 0 Å². The highest BCUT2D eigenvalue weighted by Crippen LogP contribution is 2.54. The molecule has 0 aliphatic heterocycles. The number of hydrogen-bond donors (Lipinski definition) is 0. The third-order valence-electron chi connectivity index (χ3n) is 3.97. The van der Waals surface area contributed by atoms with Crippen molar-refractivity contribution in [2.45, 2.75) is 33.1 Å². The second kappa shape index (κ2) is 3.65. The zero-order valence-corrected chi connectivity index (χ0v) is 9.83. The molecule has 1 aromatic heterocycles. The van der Waals surface area contributed by atoms with Crippen LogP contribution in [0.4, 0.5) is 4.39 Å². The van der Waals surface area contributed by atoms with Crippen LogP contribution in [-0.2, 0) is 4.79 Å². The van der Waals surface area contributed by atoms with E-state index in [1.807, 2.05) is 20.8 Å². The van der Waals surface area contributed by atoms with E-state index in [0.717, 1.165) is 12.1 Å². The van der Waals surface area contributed by atoms with Crippen LogP contribution in [0.15, 0.2) is 18.3 Å². The Morgan fingerprint density at radius 2 is 2.19 bits per heavy atom. The van der Waals surface area contributed by atoms with Crippen molar-refractivity contribution in [1.82, 2.24) is 4.98 Å². The van der Waals surface area contributed by atoms with Crippen molar-refractivity contribution in [1.29, 1.82) is 0 Å². The molecule has 0 amide bonds. The van der Waals surface area contributed by atoms with E-state index in [1.54, 1.807) is 6.07 Å². The van der Waals surface area contributed by atoms with Gasteiger partial charge in [-0.15, -0.1) is 0 Å². The molecule has 0 spiro atoms. The van der Waals surface area contributed by atoms with Crippen LogP contribution in [0.3, 0.4) is 0 Å². The minimum absolute atomic E-state index is 0.00270. The van der Waals surface area contributed by atoms with Gasteiger partial charge in [0.2, 0.25) is 0 Å². The molecule has 3 unspecified atom stereocenters. The Labute approximate surface area is 94.9 Å². The number of hydrogen-bond acceptors (Lipinski definition) is 2. The summed E-state index contributed by atoms with van der Waals surface area (Å²) in [5.41, 5.74) is 0.516. The Morgan fingerprint density at radius 3 is 2.69 bits per heavy atom. The molecule has 0 radical (unpaired) electrons. The number of Topliss-reactive ketones (excluding diaryl/α,β-unsaturated/α-hetero) is 1. The fourth-order valence-corrected chi connectivity index (χ4v) is 2.83. The van der Waals surface area contributed by atoms with Gasteiger partial charge in [-0.25, -0.2) is 4.39 Å². The topological polar surface area (TPSA) is 30.0 Å². The Morgan fingerprint density at radius 1 is 1.50 bits per heavy atom. The highest BCUT2D eigenvalue weighted by molar-refractivity contribution is 5.95. The first-order chi connectivity index (χ1) is 7.50. The molecule has 1 aliphatic rings. The molecule has 2 rings (SSSR count). The average Bonchev–Trinajstić information content (AvgIpc) is 2.31. The van der Waals surface area contributed by atoms with Crippen LogP contribution in [-0.4, -0.2) is 10.8 Å². The average molecular weight is 221 g/mol. The number of pyridine rings is 1. The van der Waals surface area contributed by atoms with Crippen LogP contribution in [0, 0.1) is 17.2 Å². The van der Waals surface area contributed by atoms with Gasteiger partial charge in [0, 0.05) is 22.9 Å². The van der Waals surface area contributed by atoms with Gasteiger partial charge in [-0.1, -0.05) is 20.8 Å². The van der Waals surface area contributed by atoms with Crippen LogP contribution in [0.25, 0.3) is 0 Å². The summed E-state index contributed by atoms with van der Waals surface area (Å²) in [5.74, 6) is 0.0971. The molecule has 0 aromatic carbocycles. The van der Waals surface area contributed by atoms with Gasteiger partial charge in [-0.05, 0) is 18.6 Å². The fourth-order valence-electron chi connectivity index (χ4n) is 2.83. The van der Waals surface area contributed by atoms with E-state index in [4.69, 9.17) is 0 Å². The van der Waals surface area contributed by atoms with Crippen molar-refractivity contribution >= 4 is 5.78 Å². The largest absolute Gasteiger partial charge is 0.299 e. The molecule has 1 fully saturated rings. The van der Waals surface area contributed by atoms with Crippen LogP contribution in [0.2, 0.25) is 0 Å². The number of carbonyl (C=O) groups is 1. The number of halogens is 1. The SMILES string of the molecule is CCC1(C)C(=O)C(C)C1c1ccc(F)cn1. The molecular weight excluding hydrogens is 205 g/mol. The molecular formula is C13H16FNO. The van der Waals surface area contributed by atoms with Crippen molar-refractivity contribution in [2.24, 2.45) is 11.3 Å². The summed E-state index contributed by atoms with van der Waals surface area (Å²) in [5, 5.41) is 0. The van der Waals surface area contributed by atoms with E-state index in [1.165, 1.54) is 12.3 Å². The van der Waals surface area contributed by atoms with Crippen molar-refractivity contribution in [3.63, 3.8) is 0 Å². The fraction of sp³-hybridized carbons (Fsp3) is 0.538. The molecule has 0 N–H and O–H groups in total. The third kappa shape index (κ3) is 1.38. The lowest BCUT2D eigenvalue weighted by molar-refractivity contribution is -0.147. The quantitative estimate of drug-likeness (QED) is 0.768. The Hall–Kier alpha value is -1.25. The second-order valence-corrected chi connectivity index (χ2v) is 4.80. The van der Waals surface area contributed by atoms with Gasteiger partial charge >= 0.3 is 0 Å². The van der Waals surface area contributed by atoms with Crippen LogP contribution in [0.1, 0.15) is 38.8 Å². The van der Waals surface area contributed by atoms with E-state index < -0.39 is 0 Å². The van der Waals surface area contributed by atoms with Gasteiger partial charge < -0.3 is 0 Å². The van der Waals surface area contributed by atoms with E-state index in [0.29, 0.717) is 5.78 Å². The molecule has 2 nitrogen and oxygen atoms in total. The second-order valence-electron chi connectivity index (χ2n) is 4.80. The highest BCUT2D eigenvalue weighted by Gasteiger charge is 2.56. The summed E-state index contributed by atoms with van der Waals surface area (Å²) in [7, 11) is 0. The lowest BCUT2D eigenvalue weighted by Crippen LogP contribution is -2.53. The standard InChI is InChI=1S/C13H16FNO/c1-4-13(3)11(8(2)12(13)16)10-6-5-9(14)7-15-10/h5-8,11H,4H2,1-3H3. The summed E-state index contributed by atoms with van der Waals surface area (Å²) in [6.07, 6.45) is 2.03. The van der Waals surface area contributed by atoms with Gasteiger partial charge in [0.05, 0.1) is 6.20 Å². The van der Waals surface area contributed by atoms with Crippen molar-refractivity contribution < 1.29 is 9.18 Å². The summed E-state index contributed by atoms with van der Waals surface area (Å²) in [4.78, 5) is 16.0. The first kappa shape index (κ1) is 11.2. The minimum Gasteiger partial charge on any atom is -0.299 e. The predicted molar refractivity (Wildman–Crippen MR) is 59.5 cm³/mol. The molecule has 1 aromatic rings. The van der Waals surface area contributed by atoms with E-state index in [9.17, 15) is 9.18 Å². The van der Waals surface area contributed by atoms with Gasteiger partial charge in [0.15, 0.2) is 0 Å². The number of ketones is 1. The Bertz CT molecular complexity index is 414. The van der Waals surface area contributed by atoms with E-state index in [2.05, 4.69) is 4.98 Å². The van der Waals surface area contributed by atoms with Crippen LogP contribution >= 0.6 is 0 Å². The zero-order valence-electron chi connectivity index (χ0n) is 9.83. The minimum atomic E-state index is -0.333. The number of carbonyl (C=O) groups excluding carboxylic acids is 1. The molecule has 0 saturated heterocycles. The van der Waals surface area contributed by atoms with Gasteiger partial charge in [0.1, 0.15) is 11.6 Å². The highest BCUT2D eigenvalue weighted by atomic mass is 19.1. The number of rotatable bonds is 2. The summed E-state index contributed by atoms with van der Waals surface area (Å²) in [6.45, 7) is 5.92. The summed E-state index contributed by atoms with van der Waals surface area (Å²) >= 11 is 0. The molecule has 1 aliphatic carbocycles. The Kier molecular flexibility index (Phi) is 2.56. The van der Waals surface area contributed by atoms with Crippen molar-refractivity contribution in [3.05, 3.63) is 29.8 Å². The van der Waals surface area contributed by atoms with Gasteiger partial charge in [-0.2, -0.15) is 0 Å². The summed E-state index contributed by atoms with van der Waals surface area (Å²) in [6, 6.07) is 3.10. The maximum atomic E-state index is 12.8. The molecule has 86 valence electrons. The first-order valence-electron chi connectivity index (χ1n) is 5.66. The molecule has 0 bridgehead atoms. The van der Waals surface area contributed by atoms with Gasteiger partial charge in [0.25, 0.3) is 0 Å². The molecule has 16 heavy (non-hydrogen) atoms. The lowest BCUT2D eigenvalue weighted by Gasteiger charge is -2.49. The summed E-state index contributed by atoms with van der Waals surface area (Å²) < 4.78 is 12.8. The van der Waals surface area contributed by atoms with Gasteiger partial charge in [-0.3, -0.25) is 9.78 Å². The first-order valence-corrected chi connectivity index (χ1v) is 5.66. The van der Waals surface area contributed by atoms with Crippen molar-refractivity contribution in [3.8, 4) is 0 Å². The normalized spacial score (nSPS) is 33.6. The molecule has 1 saturated carbocycles. The Balaban J connectivity index is 2.34. The maximum absolute atomic E-state index is 12.8.